The number of nitro groups is 1. The smallest absolute Gasteiger partial charge is 0.332 e. The molecule has 28 heavy (non-hydrogen) atoms. The Balaban J connectivity index is 1.97. The molecule has 0 saturated heterocycles. The number of hydrogen-bond donors (Lipinski definition) is 2. The number of benzene rings is 2. The summed E-state index contributed by atoms with van der Waals surface area (Å²) in [5, 5.41) is 26.1. The summed E-state index contributed by atoms with van der Waals surface area (Å²) in [6.07, 6.45) is 0. The monoisotopic (exact) mass is 442 g/mol. The topological polar surface area (TPSA) is 130 Å². The van der Waals surface area contributed by atoms with Crippen molar-refractivity contribution >= 4 is 55.6 Å². The SMILES string of the molecule is CC(=O)O/N=C1/C(c2c(O)[nH]c3cc(Br)c([N+](=O)[O-])cc23)=Nc2ccccc21. The largest absolute Gasteiger partial charge is 0.494 e. The molecule has 1 aliphatic rings. The summed E-state index contributed by atoms with van der Waals surface area (Å²) in [4.78, 5) is 34.1. The quantitative estimate of drug-likeness (QED) is 0.360. The Kier molecular flexibility index (Phi) is 4.19. The number of oxime groups is 1. The molecule has 0 amide bonds. The number of nitro benzene ring substituents is 1. The van der Waals surface area contributed by atoms with Crippen LogP contribution in [-0.2, 0) is 9.63 Å². The van der Waals surface area contributed by atoms with Gasteiger partial charge in [0.05, 0.1) is 26.2 Å². The number of nitrogens with zero attached hydrogens (tertiary/aromatic N) is 3. The van der Waals surface area contributed by atoms with Gasteiger partial charge in [-0.3, -0.25) is 10.1 Å². The number of fused-ring (bicyclic) bond motifs is 2. The molecule has 140 valence electrons. The molecule has 2 heterocycles. The molecule has 10 heteroatoms. The standard InChI is InChI=1S/C18H11BrN4O5/c1-8(24)28-22-16-9-4-2-3-5-12(9)20-17(16)15-10-6-14(23(26)27)11(19)7-13(10)21-18(15)25/h2-7,21,25H,1H3/b22-16+. The van der Waals surface area contributed by atoms with Gasteiger partial charge in [-0.1, -0.05) is 23.4 Å². The maximum atomic E-state index is 11.3. The Morgan fingerprint density at radius 2 is 2.11 bits per heavy atom. The third-order valence-electron chi connectivity index (χ3n) is 4.16. The number of aliphatic imine (C=N–C) groups is 1. The number of carbonyl (C=O) groups excluding carboxylic acids is 1. The van der Waals surface area contributed by atoms with E-state index in [0.29, 0.717) is 22.2 Å². The Hall–Kier alpha value is -3.53. The minimum Gasteiger partial charge on any atom is -0.494 e. The van der Waals surface area contributed by atoms with Crippen LogP contribution in [0.15, 0.2) is 51.0 Å². The van der Waals surface area contributed by atoms with Gasteiger partial charge in [0.25, 0.3) is 5.69 Å². The fraction of sp³-hybridized carbons (Fsp3) is 0.0556. The molecule has 4 rings (SSSR count). The van der Waals surface area contributed by atoms with Gasteiger partial charge in [0.2, 0.25) is 0 Å². The average molecular weight is 443 g/mol. The van der Waals surface area contributed by atoms with Crippen LogP contribution in [0.25, 0.3) is 10.9 Å². The van der Waals surface area contributed by atoms with E-state index in [0.717, 1.165) is 0 Å². The molecule has 2 N–H and O–H groups in total. The Labute approximate surface area is 165 Å². The maximum absolute atomic E-state index is 11.3. The van der Waals surface area contributed by atoms with Crippen LogP contribution in [0.5, 0.6) is 5.88 Å². The Bertz CT molecular complexity index is 1230. The maximum Gasteiger partial charge on any atom is 0.332 e. The fourth-order valence-corrected chi connectivity index (χ4v) is 3.51. The molecule has 0 saturated carbocycles. The van der Waals surface area contributed by atoms with Crippen LogP contribution in [0.4, 0.5) is 11.4 Å². The van der Waals surface area contributed by atoms with Crippen molar-refractivity contribution in [3.8, 4) is 5.88 Å². The third-order valence-corrected chi connectivity index (χ3v) is 4.80. The number of halogens is 1. The first-order valence-electron chi connectivity index (χ1n) is 8.00. The van der Waals surface area contributed by atoms with Gasteiger partial charge in [-0.25, -0.2) is 9.79 Å². The third kappa shape index (κ3) is 2.83. The van der Waals surface area contributed by atoms with Crippen LogP contribution in [0.3, 0.4) is 0 Å². The zero-order valence-corrected chi connectivity index (χ0v) is 15.8. The van der Waals surface area contributed by atoms with E-state index in [1.165, 1.54) is 19.1 Å². The lowest BCUT2D eigenvalue weighted by atomic mass is 10.0. The van der Waals surface area contributed by atoms with Gasteiger partial charge < -0.3 is 14.9 Å². The van der Waals surface area contributed by atoms with E-state index in [9.17, 15) is 20.0 Å². The van der Waals surface area contributed by atoms with Crippen molar-refractivity contribution < 1.29 is 19.7 Å². The summed E-state index contributed by atoms with van der Waals surface area (Å²) >= 11 is 3.16. The molecule has 3 aromatic rings. The van der Waals surface area contributed by atoms with E-state index in [1.54, 1.807) is 24.3 Å². The first-order valence-corrected chi connectivity index (χ1v) is 8.79. The van der Waals surface area contributed by atoms with Crippen molar-refractivity contribution in [1.82, 2.24) is 4.98 Å². The average Bonchev–Trinajstić information content (AvgIpc) is 3.14. The summed E-state index contributed by atoms with van der Waals surface area (Å²) < 4.78 is 0.267. The number of para-hydroxylation sites is 1. The highest BCUT2D eigenvalue weighted by atomic mass is 79.9. The second kappa shape index (κ2) is 6.57. The predicted octanol–water partition coefficient (Wildman–Crippen LogP) is 3.95. The van der Waals surface area contributed by atoms with Crippen molar-refractivity contribution in [2.24, 2.45) is 10.1 Å². The summed E-state index contributed by atoms with van der Waals surface area (Å²) in [6, 6.07) is 9.89. The molecule has 0 unspecified atom stereocenters. The molecule has 0 bridgehead atoms. The number of aromatic hydroxyl groups is 1. The van der Waals surface area contributed by atoms with E-state index in [-0.39, 0.29) is 33.0 Å². The minimum atomic E-state index is -0.612. The molecule has 1 aliphatic heterocycles. The molecule has 0 spiro atoms. The second-order valence-corrected chi connectivity index (χ2v) is 6.81. The van der Waals surface area contributed by atoms with Gasteiger partial charge in [-0.15, -0.1) is 0 Å². The number of rotatable bonds is 3. The van der Waals surface area contributed by atoms with E-state index in [1.807, 2.05) is 0 Å². The van der Waals surface area contributed by atoms with E-state index in [4.69, 9.17) is 4.84 Å². The molecule has 0 aliphatic carbocycles. The minimum absolute atomic E-state index is 0.165. The van der Waals surface area contributed by atoms with Crippen molar-refractivity contribution in [3.05, 3.63) is 62.1 Å². The van der Waals surface area contributed by atoms with Crippen LogP contribution in [0, 0.1) is 10.1 Å². The second-order valence-electron chi connectivity index (χ2n) is 5.96. The molecule has 2 aromatic carbocycles. The van der Waals surface area contributed by atoms with E-state index < -0.39 is 10.9 Å². The highest BCUT2D eigenvalue weighted by Gasteiger charge is 2.30. The van der Waals surface area contributed by atoms with Gasteiger partial charge in [0.15, 0.2) is 5.88 Å². The fourth-order valence-electron chi connectivity index (χ4n) is 3.02. The van der Waals surface area contributed by atoms with Gasteiger partial charge in [0.1, 0.15) is 11.4 Å². The van der Waals surface area contributed by atoms with Crippen molar-refractivity contribution in [3.63, 3.8) is 0 Å². The first kappa shape index (κ1) is 17.9. The number of H-pyrrole nitrogens is 1. The lowest BCUT2D eigenvalue weighted by Crippen LogP contribution is -2.14. The molecular weight excluding hydrogens is 432 g/mol. The van der Waals surface area contributed by atoms with Gasteiger partial charge in [0, 0.05) is 23.9 Å². The zero-order valence-electron chi connectivity index (χ0n) is 14.3. The zero-order chi connectivity index (χ0) is 20.0. The summed E-state index contributed by atoms with van der Waals surface area (Å²) in [6.45, 7) is 1.21. The van der Waals surface area contributed by atoms with Gasteiger partial charge in [-0.2, -0.15) is 0 Å². The van der Waals surface area contributed by atoms with Crippen LogP contribution in [0.2, 0.25) is 0 Å². The number of nitrogens with one attached hydrogen (secondary N) is 1. The molecular formula is C18H11BrN4O5. The molecule has 0 atom stereocenters. The van der Waals surface area contributed by atoms with Crippen molar-refractivity contribution in [2.45, 2.75) is 6.92 Å². The Morgan fingerprint density at radius 3 is 2.82 bits per heavy atom. The van der Waals surface area contributed by atoms with Crippen LogP contribution >= 0.6 is 15.9 Å². The Morgan fingerprint density at radius 1 is 1.36 bits per heavy atom. The molecule has 9 nitrogen and oxygen atoms in total. The normalized spacial score (nSPS) is 14.2. The van der Waals surface area contributed by atoms with E-state index in [2.05, 4.69) is 31.1 Å². The highest BCUT2D eigenvalue weighted by Crippen LogP contribution is 2.39. The molecule has 1 aromatic heterocycles. The van der Waals surface area contributed by atoms with Crippen LogP contribution in [-0.4, -0.2) is 32.4 Å². The van der Waals surface area contributed by atoms with Crippen LogP contribution in [0.1, 0.15) is 18.1 Å². The molecule has 0 fully saturated rings. The molecule has 0 radical (unpaired) electrons. The predicted molar refractivity (Wildman–Crippen MR) is 105 cm³/mol. The van der Waals surface area contributed by atoms with Crippen molar-refractivity contribution in [1.29, 1.82) is 0 Å². The number of carbonyl (C=O) groups is 1. The summed E-state index contributed by atoms with van der Waals surface area (Å²) in [5.41, 5.74) is 2.20. The first-order chi connectivity index (χ1) is 13.4. The summed E-state index contributed by atoms with van der Waals surface area (Å²) in [5.74, 6) is -0.844. The summed E-state index contributed by atoms with van der Waals surface area (Å²) in [7, 11) is 0. The van der Waals surface area contributed by atoms with Crippen molar-refractivity contribution in [2.75, 3.05) is 0 Å². The number of aromatic amines is 1. The lowest BCUT2D eigenvalue weighted by Gasteiger charge is -2.04. The number of hydrogen-bond acceptors (Lipinski definition) is 7. The highest BCUT2D eigenvalue weighted by molar-refractivity contribution is 9.10. The van der Waals surface area contributed by atoms with Gasteiger partial charge in [-0.05, 0) is 28.1 Å². The lowest BCUT2D eigenvalue weighted by molar-refractivity contribution is -0.385. The van der Waals surface area contributed by atoms with Gasteiger partial charge >= 0.3 is 5.97 Å². The van der Waals surface area contributed by atoms with E-state index >= 15 is 0 Å². The van der Waals surface area contributed by atoms with Crippen LogP contribution < -0.4 is 0 Å². The number of aromatic nitrogens is 1.